The van der Waals surface area contributed by atoms with E-state index in [1.165, 1.54) is 13.2 Å². The van der Waals surface area contributed by atoms with Crippen LogP contribution in [-0.2, 0) is 10.0 Å². The molecule has 1 atom stereocenters. The normalized spacial score (nSPS) is 17.2. The van der Waals surface area contributed by atoms with Crippen molar-refractivity contribution in [1.82, 2.24) is 4.72 Å². The summed E-state index contributed by atoms with van der Waals surface area (Å²) in [6.07, 6.45) is 2.07. The van der Waals surface area contributed by atoms with Gasteiger partial charge in [-0.3, -0.25) is 0 Å². The summed E-state index contributed by atoms with van der Waals surface area (Å²) in [5.74, 6) is 0.860. The van der Waals surface area contributed by atoms with Crippen molar-refractivity contribution in [2.24, 2.45) is 11.7 Å². The molecule has 1 aromatic carbocycles. The van der Waals surface area contributed by atoms with Crippen LogP contribution in [0.5, 0.6) is 5.75 Å². The van der Waals surface area contributed by atoms with Gasteiger partial charge in [0.2, 0.25) is 10.0 Å². The van der Waals surface area contributed by atoms with E-state index in [-0.39, 0.29) is 10.9 Å². The lowest BCUT2D eigenvalue weighted by molar-refractivity contribution is 0.413. The third kappa shape index (κ3) is 3.68. The molecule has 1 aromatic rings. The van der Waals surface area contributed by atoms with Gasteiger partial charge in [0.1, 0.15) is 5.75 Å². The minimum Gasteiger partial charge on any atom is -0.497 e. The molecular formula is C12H17BrN2O3S. The summed E-state index contributed by atoms with van der Waals surface area (Å²) in [6, 6.07) is 4.56. The van der Waals surface area contributed by atoms with E-state index >= 15 is 0 Å². The first-order chi connectivity index (χ1) is 8.96. The predicted octanol–water partition coefficient (Wildman–Crippen LogP) is 1.47. The molecule has 0 amide bonds. The summed E-state index contributed by atoms with van der Waals surface area (Å²) in [5, 5.41) is 0. The largest absolute Gasteiger partial charge is 0.497 e. The molecule has 0 spiro atoms. The summed E-state index contributed by atoms with van der Waals surface area (Å²) in [4.78, 5) is 0.179. The van der Waals surface area contributed by atoms with Crippen molar-refractivity contribution in [1.29, 1.82) is 0 Å². The quantitative estimate of drug-likeness (QED) is 0.815. The highest BCUT2D eigenvalue weighted by molar-refractivity contribution is 9.10. The van der Waals surface area contributed by atoms with Gasteiger partial charge >= 0.3 is 0 Å². The lowest BCUT2D eigenvalue weighted by atomic mass is 10.2. The van der Waals surface area contributed by atoms with E-state index in [1.54, 1.807) is 12.1 Å². The van der Waals surface area contributed by atoms with Crippen LogP contribution in [0.25, 0.3) is 0 Å². The third-order valence-electron chi connectivity index (χ3n) is 3.14. The Hall–Kier alpha value is -0.630. The summed E-state index contributed by atoms with van der Waals surface area (Å²) in [5.41, 5.74) is 5.62. The lowest BCUT2D eigenvalue weighted by Gasteiger charge is -2.16. The van der Waals surface area contributed by atoms with Gasteiger partial charge in [-0.1, -0.05) is 15.9 Å². The van der Waals surface area contributed by atoms with E-state index in [2.05, 4.69) is 20.7 Å². The Morgan fingerprint density at radius 2 is 2.16 bits per heavy atom. The number of halogens is 1. The molecule has 106 valence electrons. The van der Waals surface area contributed by atoms with E-state index in [1.807, 2.05) is 0 Å². The Morgan fingerprint density at radius 3 is 2.68 bits per heavy atom. The lowest BCUT2D eigenvalue weighted by Crippen LogP contribution is -2.41. The van der Waals surface area contributed by atoms with E-state index in [0.29, 0.717) is 22.7 Å². The van der Waals surface area contributed by atoms with Gasteiger partial charge in [-0.15, -0.1) is 0 Å². The van der Waals surface area contributed by atoms with E-state index in [9.17, 15) is 8.42 Å². The number of ether oxygens (including phenoxy) is 1. The van der Waals surface area contributed by atoms with Crippen molar-refractivity contribution >= 4 is 26.0 Å². The van der Waals surface area contributed by atoms with Gasteiger partial charge in [-0.2, -0.15) is 0 Å². The molecule has 0 heterocycles. The molecular weight excluding hydrogens is 332 g/mol. The molecule has 7 heteroatoms. The highest BCUT2D eigenvalue weighted by Gasteiger charge is 2.33. The average Bonchev–Trinajstić information content (AvgIpc) is 3.19. The Bertz CT molecular complexity index is 558. The number of benzene rings is 1. The van der Waals surface area contributed by atoms with Crippen LogP contribution in [0.3, 0.4) is 0 Å². The summed E-state index contributed by atoms with van der Waals surface area (Å²) in [7, 11) is -2.07. The predicted molar refractivity (Wildman–Crippen MR) is 76.6 cm³/mol. The molecule has 0 aromatic heterocycles. The number of hydrogen-bond donors (Lipinski definition) is 2. The second-order valence-corrected chi connectivity index (χ2v) is 7.26. The van der Waals surface area contributed by atoms with Crippen molar-refractivity contribution in [2.45, 2.75) is 23.8 Å². The molecule has 0 bridgehead atoms. The second kappa shape index (κ2) is 5.78. The molecule has 1 unspecified atom stereocenters. The highest BCUT2D eigenvalue weighted by Crippen LogP contribution is 2.33. The Kier molecular flexibility index (Phi) is 4.50. The van der Waals surface area contributed by atoms with Crippen LogP contribution in [0.2, 0.25) is 0 Å². The monoisotopic (exact) mass is 348 g/mol. The number of nitrogens with one attached hydrogen (secondary N) is 1. The maximum atomic E-state index is 12.3. The minimum atomic E-state index is -3.57. The van der Waals surface area contributed by atoms with Gasteiger partial charge in [0, 0.05) is 23.1 Å². The fourth-order valence-corrected chi connectivity index (χ4v) is 3.91. The zero-order valence-electron chi connectivity index (χ0n) is 10.6. The zero-order valence-corrected chi connectivity index (χ0v) is 13.0. The molecule has 0 saturated heterocycles. The van der Waals surface area contributed by atoms with Crippen LogP contribution in [0.4, 0.5) is 0 Å². The average molecular weight is 349 g/mol. The molecule has 19 heavy (non-hydrogen) atoms. The first kappa shape index (κ1) is 14.8. The zero-order chi connectivity index (χ0) is 14.0. The van der Waals surface area contributed by atoms with Gasteiger partial charge in [0.05, 0.1) is 12.0 Å². The molecule has 0 aliphatic heterocycles. The van der Waals surface area contributed by atoms with Crippen LogP contribution in [0.1, 0.15) is 12.8 Å². The van der Waals surface area contributed by atoms with Crippen molar-refractivity contribution in [3.05, 3.63) is 22.7 Å². The first-order valence-electron chi connectivity index (χ1n) is 6.03. The van der Waals surface area contributed by atoms with Gasteiger partial charge in [-0.25, -0.2) is 13.1 Å². The van der Waals surface area contributed by atoms with Crippen LogP contribution < -0.4 is 15.2 Å². The first-order valence-corrected chi connectivity index (χ1v) is 8.31. The van der Waals surface area contributed by atoms with Gasteiger partial charge in [-0.05, 0) is 30.9 Å². The Morgan fingerprint density at radius 1 is 1.47 bits per heavy atom. The van der Waals surface area contributed by atoms with Crippen molar-refractivity contribution in [3.8, 4) is 5.75 Å². The summed E-state index contributed by atoms with van der Waals surface area (Å²) < 4.78 is 33.0. The van der Waals surface area contributed by atoms with Gasteiger partial charge in [0.25, 0.3) is 0 Å². The molecule has 2 rings (SSSR count). The number of sulfonamides is 1. The Balaban J connectivity index is 2.25. The second-order valence-electron chi connectivity index (χ2n) is 4.63. The smallest absolute Gasteiger partial charge is 0.241 e. The van der Waals surface area contributed by atoms with Crippen LogP contribution in [0.15, 0.2) is 27.6 Å². The van der Waals surface area contributed by atoms with Crippen LogP contribution in [-0.4, -0.2) is 28.1 Å². The molecule has 5 nitrogen and oxygen atoms in total. The number of rotatable bonds is 6. The molecule has 1 fully saturated rings. The molecule has 1 saturated carbocycles. The number of nitrogens with two attached hydrogens (primary N) is 1. The third-order valence-corrected chi connectivity index (χ3v) is 5.07. The molecule has 1 aliphatic carbocycles. The summed E-state index contributed by atoms with van der Waals surface area (Å²) >= 11 is 3.27. The van der Waals surface area contributed by atoms with E-state index in [0.717, 1.165) is 12.8 Å². The summed E-state index contributed by atoms with van der Waals surface area (Å²) in [6.45, 7) is 0.315. The fourth-order valence-electron chi connectivity index (χ4n) is 1.91. The van der Waals surface area contributed by atoms with E-state index in [4.69, 9.17) is 10.5 Å². The van der Waals surface area contributed by atoms with Gasteiger partial charge < -0.3 is 10.5 Å². The van der Waals surface area contributed by atoms with Crippen LogP contribution in [0, 0.1) is 5.92 Å². The maximum absolute atomic E-state index is 12.3. The standard InChI is InChI=1S/C12H17BrN2O3S/c1-18-10-4-9(13)5-11(6-10)19(16,17)15-12(7-14)8-2-3-8/h4-6,8,12,15H,2-3,7,14H2,1H3. The van der Waals surface area contributed by atoms with Gasteiger partial charge in [0.15, 0.2) is 0 Å². The Labute approximate surface area is 121 Å². The van der Waals surface area contributed by atoms with Crippen molar-refractivity contribution in [3.63, 3.8) is 0 Å². The number of hydrogen-bond acceptors (Lipinski definition) is 4. The SMILES string of the molecule is COc1cc(Br)cc(S(=O)(=O)NC(CN)C2CC2)c1. The fraction of sp³-hybridized carbons (Fsp3) is 0.500. The van der Waals surface area contributed by atoms with Crippen LogP contribution >= 0.6 is 15.9 Å². The van der Waals surface area contributed by atoms with Crippen molar-refractivity contribution in [2.75, 3.05) is 13.7 Å². The topological polar surface area (TPSA) is 81.4 Å². The maximum Gasteiger partial charge on any atom is 0.241 e. The molecule has 0 radical (unpaired) electrons. The van der Waals surface area contributed by atoms with Crippen molar-refractivity contribution < 1.29 is 13.2 Å². The molecule has 1 aliphatic rings. The molecule has 3 N–H and O–H groups in total. The van der Waals surface area contributed by atoms with E-state index < -0.39 is 10.0 Å². The number of methoxy groups -OCH3 is 1. The minimum absolute atomic E-state index is 0.179. The highest BCUT2D eigenvalue weighted by atomic mass is 79.9.